The van der Waals surface area contributed by atoms with E-state index in [0.29, 0.717) is 17.1 Å². The van der Waals surface area contributed by atoms with Crippen molar-refractivity contribution in [2.24, 2.45) is 0 Å². The van der Waals surface area contributed by atoms with Crippen LogP contribution in [0.15, 0.2) is 89.7 Å². The summed E-state index contributed by atoms with van der Waals surface area (Å²) in [6.45, 7) is 0. The van der Waals surface area contributed by atoms with Crippen molar-refractivity contribution < 1.29 is 26.2 Å². The predicted octanol–water partition coefficient (Wildman–Crippen LogP) is 4.76. The fraction of sp³-hybridized carbons (Fsp3) is 0. The van der Waals surface area contributed by atoms with Crippen LogP contribution in [-0.4, -0.2) is 9.78 Å². The molecule has 0 aliphatic rings. The van der Waals surface area contributed by atoms with Crippen molar-refractivity contribution in [1.82, 2.24) is 9.78 Å². The van der Waals surface area contributed by atoms with Gasteiger partial charge in [0.15, 0.2) is 0 Å². The first-order chi connectivity index (χ1) is 12.7. The third-order valence-electron chi connectivity index (χ3n) is 3.94. The van der Waals surface area contributed by atoms with Gasteiger partial charge in [-0.25, -0.2) is 4.39 Å². The van der Waals surface area contributed by atoms with Crippen LogP contribution < -0.4 is 10.3 Å². The van der Waals surface area contributed by atoms with E-state index >= 15 is 0 Å². The molecule has 0 amide bonds. The molecule has 27 heavy (non-hydrogen) atoms. The molecule has 0 bridgehead atoms. The first-order valence-corrected chi connectivity index (χ1v) is 8.10. The van der Waals surface area contributed by atoms with E-state index in [-0.39, 0.29) is 28.4 Å². The molecular weight excluding hydrogens is 395 g/mol. The maximum atomic E-state index is 13.2. The molecule has 4 rings (SSSR count). The molecule has 0 spiro atoms. The molecule has 4 aromatic rings. The van der Waals surface area contributed by atoms with Gasteiger partial charge in [0.05, 0.1) is 11.4 Å². The van der Waals surface area contributed by atoms with Crippen LogP contribution in [0, 0.1) is 5.82 Å². The normalized spacial score (nSPS) is 10.3. The molecule has 0 fully saturated rings. The van der Waals surface area contributed by atoms with Gasteiger partial charge < -0.3 is 4.74 Å². The Morgan fingerprint density at radius 2 is 1.44 bits per heavy atom. The third kappa shape index (κ3) is 4.19. The van der Waals surface area contributed by atoms with E-state index in [1.54, 1.807) is 16.8 Å². The van der Waals surface area contributed by atoms with Gasteiger partial charge in [0.1, 0.15) is 17.3 Å². The summed E-state index contributed by atoms with van der Waals surface area (Å²) in [5, 5.41) is 2.74. The summed E-state index contributed by atoms with van der Waals surface area (Å²) in [7, 11) is 0. The predicted molar refractivity (Wildman–Crippen MR) is 98.3 cm³/mol. The number of ether oxygens (including phenoxy) is 1. The zero-order chi connectivity index (χ0) is 17.9. The second kappa shape index (κ2) is 8.08. The average molecular weight is 410 g/mol. The van der Waals surface area contributed by atoms with E-state index in [1.165, 1.54) is 18.2 Å². The molecule has 0 unspecified atom stereocenters. The number of rotatable bonds is 4. The minimum atomic E-state index is -0.327. The Bertz CT molecular complexity index is 1070. The maximum absolute atomic E-state index is 13.2. The van der Waals surface area contributed by atoms with Crippen molar-refractivity contribution in [3.63, 3.8) is 0 Å². The number of aromatic nitrogens is 2. The Labute approximate surface area is 165 Å². The van der Waals surface area contributed by atoms with Gasteiger partial charge in [-0.15, -0.1) is 0 Å². The maximum Gasteiger partial charge on any atom is 0.265 e. The zero-order valence-electron chi connectivity index (χ0n) is 14.0. The van der Waals surface area contributed by atoms with E-state index in [4.69, 9.17) is 4.74 Å². The molecule has 4 nitrogen and oxygen atoms in total. The number of halogens is 1. The molecule has 0 aliphatic heterocycles. The Hall–Kier alpha value is -3.08. The van der Waals surface area contributed by atoms with Gasteiger partial charge in [-0.1, -0.05) is 18.2 Å². The standard InChI is InChI=1S/C21H15FN2O2.Cu/c22-16-8-10-17(11-9-16)24-20(14-21(25)23-24)15-6-12-19(13-7-15)26-18-4-2-1-3-5-18;/h1-14H,(H,23,25);. The van der Waals surface area contributed by atoms with Crippen molar-refractivity contribution >= 4 is 0 Å². The van der Waals surface area contributed by atoms with E-state index < -0.39 is 0 Å². The van der Waals surface area contributed by atoms with Crippen molar-refractivity contribution in [2.45, 2.75) is 0 Å². The molecule has 0 atom stereocenters. The summed E-state index contributed by atoms with van der Waals surface area (Å²) in [6, 6.07) is 24.4. The summed E-state index contributed by atoms with van der Waals surface area (Å²) >= 11 is 0. The molecule has 139 valence electrons. The largest absolute Gasteiger partial charge is 0.457 e. The van der Waals surface area contributed by atoms with Gasteiger partial charge in [0.2, 0.25) is 0 Å². The number of H-pyrrole nitrogens is 1. The number of hydrogen-bond acceptors (Lipinski definition) is 2. The van der Waals surface area contributed by atoms with Crippen LogP contribution in [0.5, 0.6) is 11.5 Å². The average Bonchev–Trinajstić information content (AvgIpc) is 3.05. The van der Waals surface area contributed by atoms with Crippen molar-refractivity contribution in [3.05, 3.63) is 101 Å². The fourth-order valence-corrected chi connectivity index (χ4v) is 2.72. The van der Waals surface area contributed by atoms with Crippen LogP contribution >= 0.6 is 0 Å². The second-order valence-electron chi connectivity index (χ2n) is 5.76. The minimum Gasteiger partial charge on any atom is -0.457 e. The summed E-state index contributed by atoms with van der Waals surface area (Å²) < 4.78 is 20.6. The number of hydrogen-bond donors (Lipinski definition) is 1. The third-order valence-corrected chi connectivity index (χ3v) is 3.94. The van der Waals surface area contributed by atoms with Gasteiger partial charge in [0.25, 0.3) is 5.56 Å². The topological polar surface area (TPSA) is 47.0 Å². The van der Waals surface area contributed by atoms with Gasteiger partial charge in [0, 0.05) is 28.7 Å². The Morgan fingerprint density at radius 3 is 2.11 bits per heavy atom. The smallest absolute Gasteiger partial charge is 0.265 e. The number of nitrogens with zero attached hydrogens (tertiary/aromatic N) is 1. The SMILES string of the molecule is O=c1cc(-c2ccc(Oc3ccccc3)cc2)n(-c2ccc(F)cc2)[nH]1.[Cu]. The van der Waals surface area contributed by atoms with Gasteiger partial charge >= 0.3 is 0 Å². The van der Waals surface area contributed by atoms with E-state index in [0.717, 1.165) is 11.3 Å². The number of nitrogens with one attached hydrogen (secondary N) is 1. The van der Waals surface area contributed by atoms with Crippen molar-refractivity contribution in [1.29, 1.82) is 0 Å². The number of aromatic amines is 1. The van der Waals surface area contributed by atoms with Crippen LogP contribution in [0.4, 0.5) is 4.39 Å². The van der Waals surface area contributed by atoms with Gasteiger partial charge in [-0.05, 0) is 60.7 Å². The quantitative estimate of drug-likeness (QED) is 0.494. The molecule has 1 radical (unpaired) electrons. The fourth-order valence-electron chi connectivity index (χ4n) is 2.72. The molecule has 1 heterocycles. The first-order valence-electron chi connectivity index (χ1n) is 8.10. The molecule has 1 N–H and O–H groups in total. The van der Waals surface area contributed by atoms with Crippen molar-refractivity contribution in [3.8, 4) is 28.4 Å². The molecule has 0 saturated heterocycles. The second-order valence-corrected chi connectivity index (χ2v) is 5.76. The van der Waals surface area contributed by atoms with Crippen LogP contribution in [0.3, 0.4) is 0 Å². The number of para-hydroxylation sites is 1. The van der Waals surface area contributed by atoms with Crippen molar-refractivity contribution in [2.75, 3.05) is 0 Å². The summed E-state index contributed by atoms with van der Waals surface area (Å²) in [4.78, 5) is 11.9. The molecule has 1 aromatic heterocycles. The molecule has 0 aliphatic carbocycles. The summed E-state index contributed by atoms with van der Waals surface area (Å²) in [5.41, 5.74) is 1.98. The van der Waals surface area contributed by atoms with E-state index in [2.05, 4.69) is 5.10 Å². The van der Waals surface area contributed by atoms with Gasteiger partial charge in [-0.2, -0.15) is 0 Å². The summed E-state index contributed by atoms with van der Waals surface area (Å²) in [6.07, 6.45) is 0. The first kappa shape index (κ1) is 18.7. The van der Waals surface area contributed by atoms with Crippen LogP contribution in [0.2, 0.25) is 0 Å². The Balaban J connectivity index is 0.00000210. The monoisotopic (exact) mass is 409 g/mol. The Kier molecular flexibility index (Phi) is 5.60. The number of benzene rings is 3. The molecule has 3 aromatic carbocycles. The molecule has 0 saturated carbocycles. The van der Waals surface area contributed by atoms with E-state index in [9.17, 15) is 9.18 Å². The molecule has 6 heteroatoms. The van der Waals surface area contributed by atoms with Crippen LogP contribution in [-0.2, 0) is 17.1 Å². The Morgan fingerprint density at radius 1 is 0.815 bits per heavy atom. The van der Waals surface area contributed by atoms with Crippen LogP contribution in [0.25, 0.3) is 16.9 Å². The van der Waals surface area contributed by atoms with E-state index in [1.807, 2.05) is 54.6 Å². The molecular formula is C21H15CuFN2O2. The van der Waals surface area contributed by atoms with Crippen LogP contribution in [0.1, 0.15) is 0 Å². The summed E-state index contributed by atoms with van der Waals surface area (Å²) in [5.74, 6) is 1.13. The zero-order valence-corrected chi connectivity index (χ0v) is 15.0. The minimum absolute atomic E-state index is 0. The van der Waals surface area contributed by atoms with Gasteiger partial charge in [-0.3, -0.25) is 14.6 Å².